The first-order valence-electron chi connectivity index (χ1n) is 4.24. The van der Waals surface area contributed by atoms with Gasteiger partial charge in [0.2, 0.25) is 0 Å². The lowest BCUT2D eigenvalue weighted by molar-refractivity contribution is -0.746. The van der Waals surface area contributed by atoms with Crippen molar-refractivity contribution in [1.29, 1.82) is 0 Å². The molecule has 0 amide bonds. The van der Waals surface area contributed by atoms with Crippen molar-refractivity contribution in [2.75, 3.05) is 5.73 Å². The summed E-state index contributed by atoms with van der Waals surface area (Å²) in [6.45, 7) is 7.83. The smallest absolute Gasteiger partial charge is 0.306 e. The Morgan fingerprint density at radius 2 is 2.25 bits per heavy atom. The second-order valence-electron chi connectivity index (χ2n) is 3.23. The standard InChI is InChI=1S/C7H15N5/c1-4-11-7(8)12(10-9-11)5-6(2)3/h6,8H,4-5H2,1-3H3/p+1. The Morgan fingerprint density at radius 1 is 1.58 bits per heavy atom. The number of nitrogens with two attached hydrogens (primary N) is 1. The van der Waals surface area contributed by atoms with Crippen molar-refractivity contribution >= 4 is 5.95 Å². The molecular formula is C7H16N5+. The van der Waals surface area contributed by atoms with Crippen molar-refractivity contribution in [3.05, 3.63) is 0 Å². The number of rotatable bonds is 3. The minimum Gasteiger partial charge on any atom is -0.306 e. The summed E-state index contributed by atoms with van der Waals surface area (Å²) < 4.78 is 3.41. The van der Waals surface area contributed by atoms with Gasteiger partial charge in [-0.05, 0) is 12.8 Å². The Labute approximate surface area is 72.2 Å². The molecule has 5 nitrogen and oxygen atoms in total. The molecule has 0 bridgehead atoms. The lowest BCUT2D eigenvalue weighted by atomic mass is 10.2. The molecule has 5 heteroatoms. The van der Waals surface area contributed by atoms with E-state index in [1.54, 1.807) is 9.36 Å². The SMILES string of the molecule is CCn1nn[n+](CC(C)C)c1N. The number of aromatic nitrogens is 4. The molecule has 68 valence electrons. The summed E-state index contributed by atoms with van der Waals surface area (Å²) in [5.41, 5.74) is 5.76. The lowest BCUT2D eigenvalue weighted by Crippen LogP contribution is -2.41. The van der Waals surface area contributed by atoms with Crippen LogP contribution in [-0.4, -0.2) is 15.1 Å². The highest BCUT2D eigenvalue weighted by Gasteiger charge is 2.14. The molecule has 0 aromatic carbocycles. The number of nitrogens with zero attached hydrogens (tertiary/aromatic N) is 4. The molecule has 0 radical (unpaired) electrons. The molecular weight excluding hydrogens is 154 g/mol. The zero-order chi connectivity index (χ0) is 9.14. The van der Waals surface area contributed by atoms with Crippen molar-refractivity contribution in [2.24, 2.45) is 5.92 Å². The van der Waals surface area contributed by atoms with E-state index in [0.717, 1.165) is 13.1 Å². The molecule has 2 N–H and O–H groups in total. The highest BCUT2D eigenvalue weighted by molar-refractivity contribution is 5.02. The van der Waals surface area contributed by atoms with Gasteiger partial charge in [-0.15, -0.1) is 4.68 Å². The van der Waals surface area contributed by atoms with Gasteiger partial charge >= 0.3 is 5.95 Å². The molecule has 1 rings (SSSR count). The summed E-state index contributed by atoms with van der Waals surface area (Å²) in [5, 5.41) is 7.82. The number of hydrogen-bond donors (Lipinski definition) is 1. The fourth-order valence-electron chi connectivity index (χ4n) is 1.02. The van der Waals surface area contributed by atoms with Crippen LogP contribution in [0.15, 0.2) is 0 Å². The van der Waals surface area contributed by atoms with E-state index < -0.39 is 0 Å². The van der Waals surface area contributed by atoms with Crippen LogP contribution in [0.25, 0.3) is 0 Å². The molecule has 0 saturated carbocycles. The third kappa shape index (κ3) is 1.72. The number of tetrazole rings is 1. The largest absolute Gasteiger partial charge is 0.362 e. The predicted octanol–water partition coefficient (Wildman–Crippen LogP) is -0.176. The van der Waals surface area contributed by atoms with Crippen LogP contribution in [0.5, 0.6) is 0 Å². The van der Waals surface area contributed by atoms with Crippen LogP contribution in [-0.2, 0) is 13.1 Å². The van der Waals surface area contributed by atoms with Gasteiger partial charge in [-0.1, -0.05) is 18.5 Å². The molecule has 12 heavy (non-hydrogen) atoms. The molecule has 1 aromatic heterocycles. The van der Waals surface area contributed by atoms with E-state index in [-0.39, 0.29) is 0 Å². The van der Waals surface area contributed by atoms with Crippen LogP contribution in [0.3, 0.4) is 0 Å². The summed E-state index contributed by atoms with van der Waals surface area (Å²) in [7, 11) is 0. The molecule has 0 atom stereocenters. The zero-order valence-electron chi connectivity index (χ0n) is 7.86. The fourth-order valence-corrected chi connectivity index (χ4v) is 1.02. The van der Waals surface area contributed by atoms with E-state index in [2.05, 4.69) is 24.3 Å². The molecule has 0 aliphatic carbocycles. The average Bonchev–Trinajstić information content (AvgIpc) is 2.32. The Bertz CT molecular complexity index is 252. The Kier molecular flexibility index (Phi) is 2.62. The first-order valence-corrected chi connectivity index (χ1v) is 4.24. The van der Waals surface area contributed by atoms with Crippen LogP contribution >= 0.6 is 0 Å². The van der Waals surface area contributed by atoms with Crippen LogP contribution < -0.4 is 10.4 Å². The second-order valence-corrected chi connectivity index (χ2v) is 3.23. The third-order valence-electron chi connectivity index (χ3n) is 1.62. The Hall–Kier alpha value is -1.13. The van der Waals surface area contributed by atoms with Gasteiger partial charge in [0.15, 0.2) is 0 Å². The minimum absolute atomic E-state index is 0.541. The van der Waals surface area contributed by atoms with E-state index >= 15 is 0 Å². The van der Waals surface area contributed by atoms with Gasteiger partial charge in [-0.25, -0.2) is 0 Å². The fraction of sp³-hybridized carbons (Fsp3) is 0.857. The van der Waals surface area contributed by atoms with Crippen LogP contribution in [0.2, 0.25) is 0 Å². The maximum Gasteiger partial charge on any atom is 0.362 e. The van der Waals surface area contributed by atoms with Crippen molar-refractivity contribution in [3.8, 4) is 0 Å². The van der Waals surface area contributed by atoms with E-state index in [9.17, 15) is 0 Å². The number of aryl methyl sites for hydroxylation is 1. The summed E-state index contributed by atoms with van der Waals surface area (Å²) >= 11 is 0. The maximum absolute atomic E-state index is 5.76. The summed E-state index contributed by atoms with van der Waals surface area (Å²) in [4.78, 5) is 0. The van der Waals surface area contributed by atoms with E-state index in [1.165, 1.54) is 0 Å². The predicted molar refractivity (Wildman–Crippen MR) is 45.1 cm³/mol. The van der Waals surface area contributed by atoms with Crippen molar-refractivity contribution < 1.29 is 4.68 Å². The quantitative estimate of drug-likeness (QED) is 0.640. The normalized spacial score (nSPS) is 11.0. The monoisotopic (exact) mass is 170 g/mol. The summed E-state index contributed by atoms with van der Waals surface area (Å²) in [6, 6.07) is 0. The Balaban J connectivity index is 2.80. The lowest BCUT2D eigenvalue weighted by Gasteiger charge is -1.99. The van der Waals surface area contributed by atoms with Crippen LogP contribution in [0.1, 0.15) is 20.8 Å². The van der Waals surface area contributed by atoms with E-state index in [0.29, 0.717) is 11.9 Å². The van der Waals surface area contributed by atoms with Gasteiger partial charge in [0.05, 0.1) is 18.3 Å². The van der Waals surface area contributed by atoms with Gasteiger partial charge in [-0.2, -0.15) is 0 Å². The average molecular weight is 170 g/mol. The van der Waals surface area contributed by atoms with Crippen molar-refractivity contribution in [1.82, 2.24) is 15.1 Å². The van der Waals surface area contributed by atoms with Crippen LogP contribution in [0, 0.1) is 5.92 Å². The van der Waals surface area contributed by atoms with Gasteiger partial charge < -0.3 is 5.73 Å². The topological polar surface area (TPSA) is 60.6 Å². The van der Waals surface area contributed by atoms with E-state index in [1.807, 2.05) is 6.92 Å². The van der Waals surface area contributed by atoms with Crippen molar-refractivity contribution in [3.63, 3.8) is 0 Å². The second kappa shape index (κ2) is 3.51. The minimum atomic E-state index is 0.541. The molecule has 0 spiro atoms. The summed E-state index contributed by atoms with van der Waals surface area (Å²) in [6.07, 6.45) is 0. The Morgan fingerprint density at radius 3 is 2.67 bits per heavy atom. The number of hydrogen-bond acceptors (Lipinski definition) is 3. The van der Waals surface area contributed by atoms with Gasteiger partial charge in [0.25, 0.3) is 0 Å². The molecule has 0 saturated heterocycles. The number of anilines is 1. The molecule has 0 aliphatic heterocycles. The number of nitrogen functional groups attached to an aromatic ring is 1. The van der Waals surface area contributed by atoms with Gasteiger partial charge in [0.1, 0.15) is 5.21 Å². The summed E-state index contributed by atoms with van der Waals surface area (Å²) in [5.74, 6) is 1.17. The molecule has 1 heterocycles. The highest BCUT2D eigenvalue weighted by atomic mass is 15.6. The van der Waals surface area contributed by atoms with Crippen molar-refractivity contribution in [2.45, 2.75) is 33.9 Å². The maximum atomic E-state index is 5.76. The zero-order valence-corrected chi connectivity index (χ0v) is 7.86. The van der Waals surface area contributed by atoms with Crippen LogP contribution in [0.4, 0.5) is 5.95 Å². The molecule has 1 aromatic rings. The molecule has 0 aliphatic rings. The first-order chi connectivity index (χ1) is 5.65. The van der Waals surface area contributed by atoms with Gasteiger partial charge in [-0.3, -0.25) is 0 Å². The highest BCUT2D eigenvalue weighted by Crippen LogP contribution is 1.94. The van der Waals surface area contributed by atoms with E-state index in [4.69, 9.17) is 5.73 Å². The van der Waals surface area contributed by atoms with Gasteiger partial charge in [0, 0.05) is 0 Å². The molecule has 0 unspecified atom stereocenters. The first kappa shape index (κ1) is 8.96. The molecule has 0 fully saturated rings. The third-order valence-corrected chi connectivity index (χ3v) is 1.62.